The van der Waals surface area contributed by atoms with Gasteiger partial charge in [-0.3, -0.25) is 0 Å². The first-order chi connectivity index (χ1) is 24.7. The highest BCUT2D eigenvalue weighted by molar-refractivity contribution is 6.05. The van der Waals surface area contributed by atoms with Gasteiger partial charge in [-0.15, -0.1) is 0 Å². The van der Waals surface area contributed by atoms with Gasteiger partial charge in [0.15, 0.2) is 11.2 Å². The van der Waals surface area contributed by atoms with Crippen LogP contribution in [0.25, 0.3) is 78.2 Å². The number of rotatable bonds is 6. The lowest BCUT2D eigenvalue weighted by Crippen LogP contribution is -2.09. The van der Waals surface area contributed by atoms with Gasteiger partial charge in [0.25, 0.3) is 0 Å². The molecule has 10 rings (SSSR count). The fourth-order valence-electron chi connectivity index (χ4n) is 6.67. The third kappa shape index (κ3) is 4.81. The monoisotopic (exact) mass is 645 g/mol. The summed E-state index contributed by atoms with van der Waals surface area (Å²) in [5, 5.41) is 2.16. The van der Waals surface area contributed by atoms with E-state index in [9.17, 15) is 0 Å². The van der Waals surface area contributed by atoms with Gasteiger partial charge in [-0.1, -0.05) is 72.8 Å². The van der Waals surface area contributed by atoms with Crippen LogP contribution in [0.15, 0.2) is 177 Å². The van der Waals surface area contributed by atoms with Crippen molar-refractivity contribution in [3.8, 4) is 34.0 Å². The second-order valence-electron chi connectivity index (χ2n) is 12.3. The molecule has 0 aliphatic rings. The highest BCUT2D eigenvalue weighted by Gasteiger charge is 2.16. The summed E-state index contributed by atoms with van der Waals surface area (Å²) >= 11 is 0. The summed E-state index contributed by atoms with van der Waals surface area (Å²) in [6.07, 6.45) is 0. The highest BCUT2D eigenvalue weighted by atomic mass is 16.4. The number of aromatic nitrogens is 2. The largest absolute Gasteiger partial charge is 0.456 e. The summed E-state index contributed by atoms with van der Waals surface area (Å²) in [7, 11) is 0. The van der Waals surface area contributed by atoms with E-state index < -0.39 is 0 Å². The number of furan rings is 1. The van der Waals surface area contributed by atoms with E-state index in [1.54, 1.807) is 0 Å². The van der Waals surface area contributed by atoms with Crippen molar-refractivity contribution in [2.24, 2.45) is 0 Å². The van der Waals surface area contributed by atoms with Gasteiger partial charge in [0.1, 0.15) is 22.2 Å². The number of para-hydroxylation sites is 3. The molecular weight excluding hydrogens is 619 g/mol. The van der Waals surface area contributed by atoms with Crippen LogP contribution in [0.5, 0.6) is 0 Å². The molecule has 0 saturated carbocycles. The van der Waals surface area contributed by atoms with Gasteiger partial charge in [0.05, 0.1) is 0 Å². The summed E-state index contributed by atoms with van der Waals surface area (Å²) in [5.41, 5.74) is 11.7. The van der Waals surface area contributed by atoms with Crippen molar-refractivity contribution in [2.45, 2.75) is 0 Å². The minimum Gasteiger partial charge on any atom is -0.456 e. The molecule has 6 heteroatoms. The lowest BCUT2D eigenvalue weighted by atomic mass is 10.0. The molecule has 0 amide bonds. The van der Waals surface area contributed by atoms with E-state index in [1.165, 1.54) is 0 Å². The number of benzene rings is 7. The molecular formula is C44H27N3O3. The van der Waals surface area contributed by atoms with Crippen LogP contribution in [-0.2, 0) is 0 Å². The van der Waals surface area contributed by atoms with Crippen LogP contribution in [0.3, 0.4) is 0 Å². The van der Waals surface area contributed by atoms with Crippen LogP contribution in [0, 0.1) is 0 Å². The maximum Gasteiger partial charge on any atom is 0.227 e. The Morgan fingerprint density at radius 2 is 0.820 bits per heavy atom. The van der Waals surface area contributed by atoms with Crippen LogP contribution in [0.4, 0.5) is 17.1 Å². The van der Waals surface area contributed by atoms with Crippen LogP contribution in [0.2, 0.25) is 0 Å². The Morgan fingerprint density at radius 1 is 0.340 bits per heavy atom. The number of nitrogens with zero attached hydrogens (tertiary/aromatic N) is 3. The number of hydrogen-bond donors (Lipinski definition) is 0. The number of anilines is 3. The molecule has 10 aromatic rings. The normalized spacial score (nSPS) is 11.6. The molecule has 0 spiro atoms. The molecule has 0 unspecified atom stereocenters. The topological polar surface area (TPSA) is 68.4 Å². The highest BCUT2D eigenvalue weighted by Crippen LogP contribution is 2.37. The van der Waals surface area contributed by atoms with Crippen molar-refractivity contribution < 1.29 is 13.3 Å². The van der Waals surface area contributed by atoms with E-state index in [-0.39, 0.29) is 0 Å². The van der Waals surface area contributed by atoms with Crippen molar-refractivity contribution >= 4 is 61.2 Å². The van der Waals surface area contributed by atoms with Crippen molar-refractivity contribution in [1.29, 1.82) is 0 Å². The molecule has 0 N–H and O–H groups in total. The molecule has 0 bridgehead atoms. The summed E-state index contributed by atoms with van der Waals surface area (Å²) in [5.74, 6) is 1.06. The predicted octanol–water partition coefficient (Wildman–Crippen LogP) is 12.3. The van der Waals surface area contributed by atoms with E-state index in [2.05, 4.69) is 95.9 Å². The standard InChI is InChI=1S/C44H27N3O3/c1-3-9-32(10-4-1)47(33-11-5-2-6-12-33)34-20-15-28(16-21-34)29-18-23-37-41(25-29)49-44(45-37)31-19-24-38-42(27-31)50-43(46-38)30-17-22-36-35-13-7-8-14-39(35)48-40(36)26-30/h1-27H. The Labute approximate surface area is 286 Å². The zero-order valence-electron chi connectivity index (χ0n) is 26.7. The van der Waals surface area contributed by atoms with E-state index in [1.807, 2.05) is 72.8 Å². The first kappa shape index (κ1) is 28.1. The molecule has 3 aromatic heterocycles. The predicted molar refractivity (Wildman–Crippen MR) is 200 cm³/mol. The summed E-state index contributed by atoms with van der Waals surface area (Å²) in [4.78, 5) is 11.8. The lowest BCUT2D eigenvalue weighted by Gasteiger charge is -2.25. The van der Waals surface area contributed by atoms with Gasteiger partial charge < -0.3 is 18.2 Å². The molecule has 50 heavy (non-hydrogen) atoms. The Hall–Kier alpha value is -6.92. The Morgan fingerprint density at radius 3 is 1.48 bits per heavy atom. The van der Waals surface area contributed by atoms with Crippen LogP contribution < -0.4 is 4.90 Å². The number of fused-ring (bicyclic) bond motifs is 5. The molecule has 0 atom stereocenters. The molecule has 0 aliphatic carbocycles. The van der Waals surface area contributed by atoms with Crippen molar-refractivity contribution in [3.63, 3.8) is 0 Å². The second kappa shape index (κ2) is 11.4. The molecule has 3 heterocycles. The Kier molecular flexibility index (Phi) is 6.39. The SMILES string of the molecule is c1ccc(N(c2ccccc2)c2ccc(-c3ccc4nc(-c5ccc6nc(-c7ccc8c(c7)oc7ccccc78)oc6c5)oc4c3)cc2)cc1. The molecule has 6 nitrogen and oxygen atoms in total. The van der Waals surface area contributed by atoms with E-state index in [4.69, 9.17) is 23.2 Å². The first-order valence-electron chi connectivity index (χ1n) is 16.5. The minimum absolute atomic E-state index is 0.525. The second-order valence-corrected chi connectivity index (χ2v) is 12.3. The van der Waals surface area contributed by atoms with Gasteiger partial charge in [-0.05, 0) is 102 Å². The van der Waals surface area contributed by atoms with Gasteiger partial charge in [-0.25, -0.2) is 9.97 Å². The third-order valence-corrected chi connectivity index (χ3v) is 9.14. The van der Waals surface area contributed by atoms with Crippen LogP contribution in [0.1, 0.15) is 0 Å². The van der Waals surface area contributed by atoms with Crippen LogP contribution >= 0.6 is 0 Å². The quantitative estimate of drug-likeness (QED) is 0.179. The smallest absolute Gasteiger partial charge is 0.227 e. The van der Waals surface area contributed by atoms with E-state index in [0.717, 1.165) is 72.3 Å². The van der Waals surface area contributed by atoms with Crippen molar-refractivity contribution in [3.05, 3.63) is 164 Å². The maximum absolute atomic E-state index is 6.32. The molecule has 236 valence electrons. The summed E-state index contributed by atoms with van der Waals surface area (Å²) in [6, 6.07) is 55.5. The molecule has 0 aliphatic heterocycles. The Bertz CT molecular complexity index is 2780. The zero-order chi connectivity index (χ0) is 33.0. The first-order valence-corrected chi connectivity index (χ1v) is 16.5. The van der Waals surface area contributed by atoms with Crippen LogP contribution in [-0.4, -0.2) is 9.97 Å². The fourth-order valence-corrected chi connectivity index (χ4v) is 6.67. The zero-order valence-corrected chi connectivity index (χ0v) is 26.7. The minimum atomic E-state index is 0.525. The molecule has 0 saturated heterocycles. The van der Waals surface area contributed by atoms with E-state index in [0.29, 0.717) is 22.9 Å². The summed E-state index contributed by atoms with van der Waals surface area (Å²) < 4.78 is 18.7. The lowest BCUT2D eigenvalue weighted by molar-refractivity contribution is 0.613. The van der Waals surface area contributed by atoms with Gasteiger partial charge >= 0.3 is 0 Å². The summed E-state index contributed by atoms with van der Waals surface area (Å²) in [6.45, 7) is 0. The molecule has 0 radical (unpaired) electrons. The number of hydrogen-bond acceptors (Lipinski definition) is 6. The molecule has 0 fully saturated rings. The fraction of sp³-hybridized carbons (Fsp3) is 0. The maximum atomic E-state index is 6.32. The molecule has 7 aromatic carbocycles. The average Bonchev–Trinajstić information content (AvgIpc) is 3.90. The van der Waals surface area contributed by atoms with Gasteiger partial charge in [0.2, 0.25) is 11.8 Å². The third-order valence-electron chi connectivity index (χ3n) is 9.14. The van der Waals surface area contributed by atoms with Crippen molar-refractivity contribution in [1.82, 2.24) is 9.97 Å². The average molecular weight is 646 g/mol. The Balaban J connectivity index is 0.942. The van der Waals surface area contributed by atoms with Gasteiger partial charge in [-0.2, -0.15) is 0 Å². The van der Waals surface area contributed by atoms with Crippen molar-refractivity contribution in [2.75, 3.05) is 4.90 Å². The van der Waals surface area contributed by atoms with Gasteiger partial charge in [0, 0.05) is 39.0 Å². The number of oxazole rings is 2. The van der Waals surface area contributed by atoms with E-state index >= 15 is 0 Å².